The number of carbonyl (C=O) groups is 1. The Hall–Kier alpha value is -1.68. The average molecular weight is 274 g/mol. The number of carbonyl (C=O) groups excluding carboxylic acids is 1. The number of hydrogen-bond donors (Lipinski definition) is 0. The summed E-state index contributed by atoms with van der Waals surface area (Å²) in [6, 6.07) is 8.02. The second-order valence-corrected chi connectivity index (χ2v) is 4.91. The first-order valence-electron chi connectivity index (χ1n) is 7.25. The van der Waals surface area contributed by atoms with E-state index in [-0.39, 0.29) is 11.9 Å². The summed E-state index contributed by atoms with van der Waals surface area (Å²) in [4.78, 5) is 16.8. The number of rotatable bonds is 7. The van der Waals surface area contributed by atoms with E-state index in [9.17, 15) is 4.79 Å². The van der Waals surface area contributed by atoms with E-state index in [1.807, 2.05) is 25.1 Å². The van der Waals surface area contributed by atoms with Gasteiger partial charge in [-0.1, -0.05) is 19.1 Å². The fourth-order valence-electron chi connectivity index (χ4n) is 2.38. The Balaban J connectivity index is 2.28. The number of ether oxygens (including phenoxy) is 1. The highest BCUT2D eigenvalue weighted by molar-refractivity contribution is 5.85. The van der Waals surface area contributed by atoms with Gasteiger partial charge in [0, 0.05) is 13.2 Å². The Morgan fingerprint density at radius 2 is 2.10 bits per heavy atom. The van der Waals surface area contributed by atoms with Crippen LogP contribution in [0.1, 0.15) is 33.0 Å². The third-order valence-corrected chi connectivity index (χ3v) is 3.38. The highest BCUT2D eigenvalue weighted by Crippen LogP contribution is 2.17. The highest BCUT2D eigenvalue weighted by atomic mass is 16.5. The van der Waals surface area contributed by atoms with Crippen LogP contribution < -0.4 is 0 Å². The monoisotopic (exact) mass is 274 g/mol. The molecule has 1 unspecified atom stereocenters. The molecule has 2 aromatic rings. The van der Waals surface area contributed by atoms with Crippen molar-refractivity contribution < 1.29 is 9.53 Å². The summed E-state index contributed by atoms with van der Waals surface area (Å²) in [6.45, 7) is 7.27. The molecule has 0 spiro atoms. The van der Waals surface area contributed by atoms with Crippen molar-refractivity contribution in [3.63, 3.8) is 0 Å². The Kier molecular flexibility index (Phi) is 4.90. The molecule has 1 aromatic heterocycles. The number of ketones is 1. The maximum Gasteiger partial charge on any atom is 0.168 e. The summed E-state index contributed by atoms with van der Waals surface area (Å²) in [5.41, 5.74) is 2.05. The molecule has 0 fully saturated rings. The minimum Gasteiger partial charge on any atom is -0.371 e. The SMILES string of the molecule is CCCn1c(CC(=O)C(C)OCC)nc2ccccc21. The van der Waals surface area contributed by atoms with Crippen LogP contribution in [0.4, 0.5) is 0 Å². The van der Waals surface area contributed by atoms with Crippen molar-refractivity contribution in [2.24, 2.45) is 0 Å². The van der Waals surface area contributed by atoms with Gasteiger partial charge in [-0.05, 0) is 32.4 Å². The van der Waals surface area contributed by atoms with Gasteiger partial charge < -0.3 is 9.30 Å². The van der Waals surface area contributed by atoms with E-state index >= 15 is 0 Å². The summed E-state index contributed by atoms with van der Waals surface area (Å²) in [5, 5.41) is 0. The van der Waals surface area contributed by atoms with Crippen molar-refractivity contribution in [1.29, 1.82) is 0 Å². The van der Waals surface area contributed by atoms with Crippen LogP contribution in [0, 0.1) is 0 Å². The van der Waals surface area contributed by atoms with Gasteiger partial charge >= 0.3 is 0 Å². The first-order chi connectivity index (χ1) is 9.67. The van der Waals surface area contributed by atoms with Gasteiger partial charge in [0.15, 0.2) is 5.78 Å². The Labute approximate surface area is 119 Å². The first-order valence-corrected chi connectivity index (χ1v) is 7.25. The zero-order valence-corrected chi connectivity index (χ0v) is 12.4. The molecule has 0 bridgehead atoms. The van der Waals surface area contributed by atoms with E-state index in [0.717, 1.165) is 29.8 Å². The molecule has 2 rings (SSSR count). The average Bonchev–Trinajstić information content (AvgIpc) is 2.78. The van der Waals surface area contributed by atoms with Gasteiger partial charge in [0.25, 0.3) is 0 Å². The number of aromatic nitrogens is 2. The quantitative estimate of drug-likeness (QED) is 0.779. The molecule has 1 heterocycles. The van der Waals surface area contributed by atoms with Crippen LogP contribution in [0.3, 0.4) is 0 Å². The number of imidazole rings is 1. The number of hydrogen-bond acceptors (Lipinski definition) is 3. The third-order valence-electron chi connectivity index (χ3n) is 3.38. The highest BCUT2D eigenvalue weighted by Gasteiger charge is 2.18. The summed E-state index contributed by atoms with van der Waals surface area (Å²) < 4.78 is 7.51. The van der Waals surface area contributed by atoms with Crippen molar-refractivity contribution in [2.45, 2.75) is 46.3 Å². The van der Waals surface area contributed by atoms with Gasteiger partial charge in [-0.25, -0.2) is 4.98 Å². The topological polar surface area (TPSA) is 44.1 Å². The molecular weight excluding hydrogens is 252 g/mol. The number of fused-ring (bicyclic) bond motifs is 1. The minimum absolute atomic E-state index is 0.0829. The lowest BCUT2D eigenvalue weighted by Crippen LogP contribution is -2.24. The summed E-state index contributed by atoms with van der Waals surface area (Å²) >= 11 is 0. The molecule has 0 saturated carbocycles. The second-order valence-electron chi connectivity index (χ2n) is 4.91. The zero-order valence-electron chi connectivity index (χ0n) is 12.4. The van der Waals surface area contributed by atoms with Crippen LogP contribution in [0.15, 0.2) is 24.3 Å². The predicted molar refractivity (Wildman–Crippen MR) is 79.8 cm³/mol. The first kappa shape index (κ1) is 14.7. The summed E-state index contributed by atoms with van der Waals surface area (Å²) in [6.07, 6.45) is 0.980. The van der Waals surface area contributed by atoms with Gasteiger partial charge in [-0.15, -0.1) is 0 Å². The van der Waals surface area contributed by atoms with E-state index in [1.54, 1.807) is 6.92 Å². The van der Waals surface area contributed by atoms with Crippen molar-refractivity contribution in [3.8, 4) is 0 Å². The number of para-hydroxylation sites is 2. The molecule has 0 aliphatic heterocycles. The van der Waals surface area contributed by atoms with E-state index < -0.39 is 0 Å². The van der Waals surface area contributed by atoms with E-state index in [2.05, 4.69) is 22.5 Å². The van der Waals surface area contributed by atoms with Gasteiger partial charge in [-0.3, -0.25) is 4.79 Å². The summed E-state index contributed by atoms with van der Waals surface area (Å²) in [5.74, 6) is 0.920. The van der Waals surface area contributed by atoms with Crippen molar-refractivity contribution in [2.75, 3.05) is 6.61 Å². The Morgan fingerprint density at radius 3 is 2.80 bits per heavy atom. The smallest absolute Gasteiger partial charge is 0.168 e. The van der Waals surface area contributed by atoms with Gasteiger partial charge in [0.05, 0.1) is 17.5 Å². The van der Waals surface area contributed by atoms with E-state index in [1.165, 1.54) is 0 Å². The number of nitrogens with zero attached hydrogens (tertiary/aromatic N) is 2. The van der Waals surface area contributed by atoms with Crippen molar-refractivity contribution >= 4 is 16.8 Å². The molecule has 1 aromatic carbocycles. The van der Waals surface area contributed by atoms with Crippen LogP contribution in [0.2, 0.25) is 0 Å². The maximum atomic E-state index is 12.2. The lowest BCUT2D eigenvalue weighted by molar-refractivity contribution is -0.128. The molecule has 20 heavy (non-hydrogen) atoms. The summed E-state index contributed by atoms with van der Waals surface area (Å²) in [7, 11) is 0. The van der Waals surface area contributed by atoms with Crippen LogP contribution in [-0.2, 0) is 22.5 Å². The van der Waals surface area contributed by atoms with Crippen molar-refractivity contribution in [1.82, 2.24) is 9.55 Å². The van der Waals surface area contributed by atoms with Crippen LogP contribution in [0.5, 0.6) is 0 Å². The minimum atomic E-state index is -0.366. The lowest BCUT2D eigenvalue weighted by atomic mass is 10.2. The predicted octanol–water partition coefficient (Wildman–Crippen LogP) is 2.98. The van der Waals surface area contributed by atoms with E-state index in [0.29, 0.717) is 13.0 Å². The molecule has 0 radical (unpaired) electrons. The molecule has 4 heteroatoms. The van der Waals surface area contributed by atoms with Crippen LogP contribution >= 0.6 is 0 Å². The van der Waals surface area contributed by atoms with Crippen LogP contribution in [0.25, 0.3) is 11.0 Å². The standard InChI is InChI=1S/C16H22N2O2/c1-4-10-18-14-9-7-6-8-13(14)17-16(18)11-15(19)12(3)20-5-2/h6-9,12H,4-5,10-11H2,1-3H3. The maximum absolute atomic E-state index is 12.2. The molecule has 0 saturated heterocycles. The largest absolute Gasteiger partial charge is 0.371 e. The Bertz CT molecular complexity index is 589. The molecule has 1 atom stereocenters. The second kappa shape index (κ2) is 6.66. The number of aryl methyl sites for hydroxylation is 1. The fraction of sp³-hybridized carbons (Fsp3) is 0.500. The fourth-order valence-corrected chi connectivity index (χ4v) is 2.38. The zero-order chi connectivity index (χ0) is 14.5. The molecule has 0 amide bonds. The normalized spacial score (nSPS) is 12.8. The van der Waals surface area contributed by atoms with E-state index in [4.69, 9.17) is 4.74 Å². The third kappa shape index (κ3) is 3.07. The molecule has 0 aliphatic carbocycles. The molecule has 0 N–H and O–H groups in total. The number of Topliss-reactive ketones (excluding diaryl/α,β-unsaturated/α-hetero) is 1. The molecular formula is C16H22N2O2. The Morgan fingerprint density at radius 1 is 1.35 bits per heavy atom. The van der Waals surface area contributed by atoms with Crippen LogP contribution in [-0.4, -0.2) is 28.0 Å². The van der Waals surface area contributed by atoms with Gasteiger partial charge in [0.2, 0.25) is 0 Å². The number of benzene rings is 1. The van der Waals surface area contributed by atoms with Gasteiger partial charge in [0.1, 0.15) is 11.9 Å². The lowest BCUT2D eigenvalue weighted by Gasteiger charge is -2.11. The molecule has 4 nitrogen and oxygen atoms in total. The molecule has 0 aliphatic rings. The van der Waals surface area contributed by atoms with Gasteiger partial charge in [-0.2, -0.15) is 0 Å². The molecule has 108 valence electrons. The van der Waals surface area contributed by atoms with Crippen molar-refractivity contribution in [3.05, 3.63) is 30.1 Å².